The van der Waals surface area contributed by atoms with Crippen LogP contribution in [0.1, 0.15) is 23.4 Å². The first kappa shape index (κ1) is 21.6. The summed E-state index contributed by atoms with van der Waals surface area (Å²) in [5, 5.41) is 11.4. The van der Waals surface area contributed by atoms with Gasteiger partial charge in [0.05, 0.1) is 12.1 Å². The van der Waals surface area contributed by atoms with Gasteiger partial charge in [0, 0.05) is 36.6 Å². The smallest absolute Gasteiger partial charge is 0.300 e. The van der Waals surface area contributed by atoms with Gasteiger partial charge in [0.2, 0.25) is 11.6 Å². The summed E-state index contributed by atoms with van der Waals surface area (Å²) in [6, 6.07) is 11.0. The van der Waals surface area contributed by atoms with E-state index in [-0.39, 0.29) is 23.5 Å². The topological polar surface area (TPSA) is 90.5 Å². The van der Waals surface area contributed by atoms with E-state index in [0.717, 1.165) is 16.8 Å². The number of hydrogen-bond acceptors (Lipinski definition) is 5. The van der Waals surface area contributed by atoms with E-state index in [9.17, 15) is 9.59 Å². The van der Waals surface area contributed by atoms with Gasteiger partial charge in [0.1, 0.15) is 11.6 Å². The molecule has 1 N–H and O–H groups in total. The zero-order chi connectivity index (χ0) is 22.8. The summed E-state index contributed by atoms with van der Waals surface area (Å²) in [4.78, 5) is 25.3. The molecule has 0 radical (unpaired) electrons. The molecule has 0 spiro atoms. The Morgan fingerprint density at radius 2 is 1.84 bits per heavy atom. The maximum Gasteiger partial charge on any atom is 0.300 e. The predicted molar refractivity (Wildman–Crippen MR) is 123 cm³/mol. The number of carbonyl (C=O) groups excluding carboxylic acids is 1. The molecule has 32 heavy (non-hydrogen) atoms. The minimum Gasteiger partial charge on any atom is -0.495 e. The van der Waals surface area contributed by atoms with Crippen LogP contribution >= 0.6 is 11.6 Å². The molecule has 4 rings (SSSR count). The Bertz CT molecular complexity index is 1360. The molecule has 9 heteroatoms. The van der Waals surface area contributed by atoms with Gasteiger partial charge in [-0.2, -0.15) is 0 Å². The number of anilines is 1. The quantitative estimate of drug-likeness (QED) is 0.482. The van der Waals surface area contributed by atoms with Gasteiger partial charge in [-0.15, -0.1) is 10.2 Å². The minimum absolute atomic E-state index is 0.171. The molecule has 0 bridgehead atoms. The molecule has 0 aliphatic carbocycles. The first-order valence-electron chi connectivity index (χ1n) is 10.0. The molecule has 0 aliphatic rings. The number of halogens is 1. The van der Waals surface area contributed by atoms with Gasteiger partial charge >= 0.3 is 5.56 Å². The number of rotatable bonds is 6. The Kier molecular flexibility index (Phi) is 5.96. The highest BCUT2D eigenvalue weighted by Gasteiger charge is 2.14. The summed E-state index contributed by atoms with van der Waals surface area (Å²) in [5.41, 5.74) is 3.43. The summed E-state index contributed by atoms with van der Waals surface area (Å²) >= 11 is 6.10. The highest BCUT2D eigenvalue weighted by Crippen LogP contribution is 2.27. The SMILES string of the molecule is COc1ccc(NC(=O)CCc2nnc3c(=O)n(-c4cc(C)cc(C)c4)ccn23)cc1Cl. The van der Waals surface area contributed by atoms with E-state index in [1.807, 2.05) is 32.0 Å². The molecular formula is C23H22ClN5O3. The van der Waals surface area contributed by atoms with E-state index in [4.69, 9.17) is 16.3 Å². The van der Waals surface area contributed by atoms with Crippen LogP contribution in [-0.2, 0) is 11.2 Å². The van der Waals surface area contributed by atoms with Crippen molar-refractivity contribution in [2.75, 3.05) is 12.4 Å². The van der Waals surface area contributed by atoms with Gasteiger partial charge in [-0.05, 0) is 55.3 Å². The molecule has 2 aromatic heterocycles. The molecule has 0 atom stereocenters. The number of nitrogens with one attached hydrogen (secondary N) is 1. The molecule has 0 unspecified atom stereocenters. The Balaban J connectivity index is 1.51. The van der Waals surface area contributed by atoms with Crippen LogP contribution in [0, 0.1) is 13.8 Å². The summed E-state index contributed by atoms with van der Waals surface area (Å²) in [5.74, 6) is 0.866. The van der Waals surface area contributed by atoms with Crippen molar-refractivity contribution < 1.29 is 9.53 Å². The van der Waals surface area contributed by atoms with Crippen molar-refractivity contribution in [1.82, 2.24) is 19.2 Å². The average Bonchev–Trinajstić information content (AvgIpc) is 3.16. The van der Waals surface area contributed by atoms with Crippen LogP contribution in [0.3, 0.4) is 0 Å². The van der Waals surface area contributed by atoms with Crippen molar-refractivity contribution in [3.8, 4) is 11.4 Å². The molecule has 2 heterocycles. The second-order valence-corrected chi connectivity index (χ2v) is 7.93. The van der Waals surface area contributed by atoms with Crippen LogP contribution in [-0.4, -0.2) is 32.2 Å². The van der Waals surface area contributed by atoms with Crippen molar-refractivity contribution in [3.63, 3.8) is 0 Å². The lowest BCUT2D eigenvalue weighted by molar-refractivity contribution is -0.116. The second-order valence-electron chi connectivity index (χ2n) is 7.53. The van der Waals surface area contributed by atoms with Crippen LogP contribution in [0.2, 0.25) is 5.02 Å². The van der Waals surface area contributed by atoms with E-state index in [2.05, 4.69) is 15.5 Å². The van der Waals surface area contributed by atoms with Gasteiger partial charge in [-0.25, -0.2) is 0 Å². The van der Waals surface area contributed by atoms with Crippen molar-refractivity contribution >= 4 is 28.8 Å². The molecule has 1 amide bonds. The molecular weight excluding hydrogens is 430 g/mol. The number of aromatic nitrogens is 4. The Morgan fingerprint density at radius 3 is 2.53 bits per heavy atom. The fourth-order valence-electron chi connectivity index (χ4n) is 3.59. The Hall–Kier alpha value is -3.65. The summed E-state index contributed by atoms with van der Waals surface area (Å²) in [7, 11) is 1.53. The lowest BCUT2D eigenvalue weighted by Crippen LogP contribution is -2.20. The van der Waals surface area contributed by atoms with E-state index < -0.39 is 0 Å². The number of ether oxygens (including phenoxy) is 1. The van der Waals surface area contributed by atoms with E-state index in [1.54, 1.807) is 39.6 Å². The first-order chi connectivity index (χ1) is 15.4. The predicted octanol–water partition coefficient (Wildman–Crippen LogP) is 3.73. The molecule has 4 aromatic rings. The highest BCUT2D eigenvalue weighted by molar-refractivity contribution is 6.32. The molecule has 0 saturated heterocycles. The van der Waals surface area contributed by atoms with Gasteiger partial charge in [-0.3, -0.25) is 18.6 Å². The maximum absolute atomic E-state index is 13.0. The van der Waals surface area contributed by atoms with Gasteiger partial charge in [0.25, 0.3) is 0 Å². The van der Waals surface area contributed by atoms with Crippen LogP contribution in [0.5, 0.6) is 5.75 Å². The third-order valence-electron chi connectivity index (χ3n) is 5.04. The van der Waals surface area contributed by atoms with E-state index >= 15 is 0 Å². The standard InChI is InChI=1S/C23H22ClN5O3/c1-14-10-15(2)12-17(11-14)28-8-9-29-20(26-27-22(29)23(28)31)6-7-21(30)25-16-4-5-19(32-3)18(24)13-16/h4-5,8-13H,6-7H2,1-3H3,(H,25,30). The largest absolute Gasteiger partial charge is 0.495 e. The van der Waals surface area contributed by atoms with Crippen LogP contribution in [0.15, 0.2) is 53.6 Å². The first-order valence-corrected chi connectivity index (χ1v) is 10.4. The lowest BCUT2D eigenvalue weighted by Gasteiger charge is -2.09. The third kappa shape index (κ3) is 4.36. The maximum atomic E-state index is 13.0. The molecule has 0 saturated carbocycles. The summed E-state index contributed by atoms with van der Waals surface area (Å²) < 4.78 is 8.28. The number of fused-ring (bicyclic) bond motifs is 1. The zero-order valence-corrected chi connectivity index (χ0v) is 18.7. The molecule has 0 fully saturated rings. The fraction of sp³-hybridized carbons (Fsp3) is 0.217. The van der Waals surface area contributed by atoms with Crippen molar-refractivity contribution in [2.24, 2.45) is 0 Å². The van der Waals surface area contributed by atoms with Crippen molar-refractivity contribution in [1.29, 1.82) is 0 Å². The van der Waals surface area contributed by atoms with Crippen LogP contribution in [0.4, 0.5) is 5.69 Å². The number of methoxy groups -OCH3 is 1. The van der Waals surface area contributed by atoms with Crippen LogP contribution in [0.25, 0.3) is 11.3 Å². The number of carbonyl (C=O) groups is 1. The van der Waals surface area contributed by atoms with E-state index in [0.29, 0.717) is 28.7 Å². The van der Waals surface area contributed by atoms with E-state index in [1.165, 1.54) is 7.11 Å². The van der Waals surface area contributed by atoms with Crippen molar-refractivity contribution in [3.05, 3.63) is 81.1 Å². The van der Waals surface area contributed by atoms with Gasteiger partial charge < -0.3 is 10.1 Å². The Labute approximate surface area is 189 Å². The normalized spacial score (nSPS) is 11.0. The number of aryl methyl sites for hydroxylation is 3. The summed E-state index contributed by atoms with van der Waals surface area (Å²) in [6.45, 7) is 3.97. The minimum atomic E-state index is -0.270. The molecule has 164 valence electrons. The lowest BCUT2D eigenvalue weighted by atomic mass is 10.1. The fourth-order valence-corrected chi connectivity index (χ4v) is 3.85. The molecule has 0 aliphatic heterocycles. The number of amides is 1. The molecule has 8 nitrogen and oxygen atoms in total. The van der Waals surface area contributed by atoms with Gasteiger partial charge in [-0.1, -0.05) is 17.7 Å². The zero-order valence-electron chi connectivity index (χ0n) is 17.9. The third-order valence-corrected chi connectivity index (χ3v) is 5.33. The Morgan fingerprint density at radius 1 is 1.09 bits per heavy atom. The number of nitrogens with zero attached hydrogens (tertiary/aromatic N) is 4. The second kappa shape index (κ2) is 8.84. The van der Waals surface area contributed by atoms with Gasteiger partial charge in [0.15, 0.2) is 0 Å². The monoisotopic (exact) mass is 451 g/mol. The highest BCUT2D eigenvalue weighted by atomic mass is 35.5. The average molecular weight is 452 g/mol. The number of benzene rings is 2. The van der Waals surface area contributed by atoms with Crippen molar-refractivity contribution in [2.45, 2.75) is 26.7 Å². The molecule has 2 aromatic carbocycles. The summed E-state index contributed by atoms with van der Waals surface area (Å²) in [6.07, 6.45) is 3.93. The number of hydrogen-bond donors (Lipinski definition) is 1. The van der Waals surface area contributed by atoms with Crippen LogP contribution < -0.4 is 15.6 Å².